The lowest BCUT2D eigenvalue weighted by Gasteiger charge is -2.20. The van der Waals surface area contributed by atoms with Gasteiger partial charge in [0.1, 0.15) is 5.82 Å². The number of hydrogen-bond donors (Lipinski definition) is 1. The molecular weight excluding hydrogens is 236 g/mol. The van der Waals surface area contributed by atoms with Crippen LogP contribution in [0.3, 0.4) is 0 Å². The van der Waals surface area contributed by atoms with E-state index in [4.69, 9.17) is 0 Å². The summed E-state index contributed by atoms with van der Waals surface area (Å²) in [6.07, 6.45) is 7.56. The number of nitrogens with zero attached hydrogens (tertiary/aromatic N) is 3. The van der Waals surface area contributed by atoms with E-state index in [1.54, 1.807) is 0 Å². The van der Waals surface area contributed by atoms with Crippen LogP contribution >= 0.6 is 0 Å². The van der Waals surface area contributed by atoms with Crippen molar-refractivity contribution in [2.24, 2.45) is 0 Å². The van der Waals surface area contributed by atoms with Gasteiger partial charge in [-0.1, -0.05) is 26.2 Å². The molecule has 4 heteroatoms. The Kier molecular flexibility index (Phi) is 5.00. The van der Waals surface area contributed by atoms with Gasteiger partial charge in [0.2, 0.25) is 5.95 Å². The summed E-state index contributed by atoms with van der Waals surface area (Å²) in [4.78, 5) is 11.4. The average Bonchev–Trinajstić information content (AvgIpc) is 2.88. The topological polar surface area (TPSA) is 41.1 Å². The molecule has 19 heavy (non-hydrogen) atoms. The first-order chi connectivity index (χ1) is 9.19. The summed E-state index contributed by atoms with van der Waals surface area (Å²) in [5.41, 5.74) is 1.04. The molecule has 1 N–H and O–H groups in total. The van der Waals surface area contributed by atoms with Crippen LogP contribution in [0.5, 0.6) is 0 Å². The van der Waals surface area contributed by atoms with Crippen molar-refractivity contribution >= 4 is 11.8 Å². The van der Waals surface area contributed by atoms with Gasteiger partial charge in [0.05, 0.1) is 0 Å². The highest BCUT2D eigenvalue weighted by Gasteiger charge is 2.16. The number of aryl methyl sites for hydroxylation is 1. The highest BCUT2D eigenvalue weighted by Crippen LogP contribution is 2.22. The number of nitrogens with one attached hydrogen (secondary N) is 1. The molecule has 1 saturated carbocycles. The summed E-state index contributed by atoms with van der Waals surface area (Å²) in [5, 5.41) is 3.48. The fraction of sp³-hybridized carbons (Fsp3) is 0.733. The Hall–Kier alpha value is -1.32. The Balaban J connectivity index is 2.05. The second kappa shape index (κ2) is 6.73. The molecule has 1 aromatic heterocycles. The highest BCUT2D eigenvalue weighted by atomic mass is 15.2. The van der Waals surface area contributed by atoms with E-state index in [0.29, 0.717) is 6.04 Å². The first-order valence-corrected chi connectivity index (χ1v) is 7.52. The van der Waals surface area contributed by atoms with Gasteiger partial charge < -0.3 is 10.2 Å². The van der Waals surface area contributed by atoms with E-state index in [9.17, 15) is 0 Å². The van der Waals surface area contributed by atoms with Crippen molar-refractivity contribution in [2.45, 2.75) is 58.4 Å². The van der Waals surface area contributed by atoms with Crippen molar-refractivity contribution in [3.63, 3.8) is 0 Å². The molecule has 1 fully saturated rings. The van der Waals surface area contributed by atoms with Gasteiger partial charge in [0, 0.05) is 31.4 Å². The Morgan fingerprint density at radius 1 is 1.32 bits per heavy atom. The van der Waals surface area contributed by atoms with Crippen molar-refractivity contribution in [3.8, 4) is 0 Å². The highest BCUT2D eigenvalue weighted by molar-refractivity contribution is 5.44. The minimum atomic E-state index is 0.565. The number of rotatable bonds is 6. The van der Waals surface area contributed by atoms with Crippen LogP contribution in [-0.2, 0) is 0 Å². The molecule has 0 unspecified atom stereocenters. The van der Waals surface area contributed by atoms with E-state index < -0.39 is 0 Å². The van der Waals surface area contributed by atoms with Gasteiger partial charge in [-0.25, -0.2) is 4.98 Å². The van der Waals surface area contributed by atoms with Gasteiger partial charge in [0.15, 0.2) is 0 Å². The first-order valence-electron chi connectivity index (χ1n) is 7.52. The Morgan fingerprint density at radius 3 is 2.74 bits per heavy atom. The van der Waals surface area contributed by atoms with Gasteiger partial charge in [-0.3, -0.25) is 0 Å². The Labute approximate surface area is 116 Å². The second-order valence-corrected chi connectivity index (χ2v) is 5.59. The molecule has 4 nitrogen and oxygen atoms in total. The summed E-state index contributed by atoms with van der Waals surface area (Å²) in [7, 11) is 2.11. The summed E-state index contributed by atoms with van der Waals surface area (Å²) < 4.78 is 0. The van der Waals surface area contributed by atoms with Crippen LogP contribution in [0.15, 0.2) is 6.07 Å². The van der Waals surface area contributed by atoms with E-state index in [0.717, 1.165) is 24.0 Å². The third-order valence-electron chi connectivity index (χ3n) is 3.77. The number of anilines is 2. The summed E-state index contributed by atoms with van der Waals surface area (Å²) >= 11 is 0. The smallest absolute Gasteiger partial charge is 0.225 e. The molecule has 0 amide bonds. The number of hydrogen-bond acceptors (Lipinski definition) is 4. The van der Waals surface area contributed by atoms with Crippen molar-refractivity contribution in [1.82, 2.24) is 9.97 Å². The molecule has 0 bridgehead atoms. The van der Waals surface area contributed by atoms with E-state index in [1.165, 1.54) is 38.5 Å². The largest absolute Gasteiger partial charge is 0.360 e. The molecule has 0 aliphatic heterocycles. The molecule has 0 atom stereocenters. The molecule has 1 aromatic rings. The molecule has 0 radical (unpaired) electrons. The normalized spacial score (nSPS) is 15.7. The number of unbranched alkanes of at least 4 members (excludes halogenated alkanes) is 1. The molecule has 1 heterocycles. The number of aromatic nitrogens is 2. The lowest BCUT2D eigenvalue weighted by atomic mass is 10.2. The molecule has 0 saturated heterocycles. The van der Waals surface area contributed by atoms with Gasteiger partial charge in [-0.05, 0) is 26.2 Å². The van der Waals surface area contributed by atoms with Gasteiger partial charge >= 0.3 is 0 Å². The first kappa shape index (κ1) is 14.1. The van der Waals surface area contributed by atoms with Gasteiger partial charge in [0.25, 0.3) is 0 Å². The third-order valence-corrected chi connectivity index (χ3v) is 3.77. The van der Waals surface area contributed by atoms with Crippen molar-refractivity contribution in [1.29, 1.82) is 0 Å². The lowest BCUT2D eigenvalue weighted by molar-refractivity contribution is 0.736. The molecule has 1 aliphatic rings. The van der Waals surface area contributed by atoms with E-state index in [1.807, 2.05) is 6.92 Å². The third kappa shape index (κ3) is 4.08. The van der Waals surface area contributed by atoms with E-state index >= 15 is 0 Å². The zero-order chi connectivity index (χ0) is 13.7. The quantitative estimate of drug-likeness (QED) is 0.853. The molecule has 0 aromatic carbocycles. The van der Waals surface area contributed by atoms with Crippen molar-refractivity contribution in [2.75, 3.05) is 23.8 Å². The predicted octanol–water partition coefficient (Wildman–Crippen LogP) is 3.38. The van der Waals surface area contributed by atoms with Crippen LogP contribution < -0.4 is 10.2 Å². The second-order valence-electron chi connectivity index (χ2n) is 5.59. The van der Waals surface area contributed by atoms with Crippen LogP contribution in [0.2, 0.25) is 0 Å². The fourth-order valence-electron chi connectivity index (χ4n) is 2.57. The van der Waals surface area contributed by atoms with Crippen LogP contribution in [0, 0.1) is 6.92 Å². The van der Waals surface area contributed by atoms with Crippen LogP contribution in [0.25, 0.3) is 0 Å². The minimum Gasteiger partial charge on any atom is -0.360 e. The molecule has 0 spiro atoms. The zero-order valence-corrected chi connectivity index (χ0v) is 12.4. The molecule has 106 valence electrons. The summed E-state index contributed by atoms with van der Waals surface area (Å²) in [5.74, 6) is 1.83. The van der Waals surface area contributed by atoms with Crippen LogP contribution in [-0.4, -0.2) is 29.6 Å². The minimum absolute atomic E-state index is 0.565. The monoisotopic (exact) mass is 262 g/mol. The van der Waals surface area contributed by atoms with Gasteiger partial charge in [-0.2, -0.15) is 4.98 Å². The summed E-state index contributed by atoms with van der Waals surface area (Å²) in [6, 6.07) is 2.63. The SMILES string of the molecule is CCCCN(C)c1cc(C)nc(NC2CCCC2)n1. The van der Waals surface area contributed by atoms with E-state index in [2.05, 4.69) is 40.2 Å². The molecule has 1 aliphatic carbocycles. The van der Waals surface area contributed by atoms with Crippen molar-refractivity contribution < 1.29 is 0 Å². The Bertz CT molecular complexity index is 399. The zero-order valence-electron chi connectivity index (χ0n) is 12.4. The van der Waals surface area contributed by atoms with Gasteiger partial charge in [-0.15, -0.1) is 0 Å². The van der Waals surface area contributed by atoms with Crippen molar-refractivity contribution in [3.05, 3.63) is 11.8 Å². The standard InChI is InChI=1S/C15H26N4/c1-4-5-10-19(3)14-11-12(2)16-15(18-14)17-13-8-6-7-9-13/h11,13H,4-10H2,1-3H3,(H,16,17,18). The average molecular weight is 262 g/mol. The Morgan fingerprint density at radius 2 is 2.05 bits per heavy atom. The maximum Gasteiger partial charge on any atom is 0.225 e. The lowest BCUT2D eigenvalue weighted by Crippen LogP contribution is -2.22. The van der Waals surface area contributed by atoms with Crippen LogP contribution in [0.1, 0.15) is 51.1 Å². The molecular formula is C15H26N4. The molecule has 2 rings (SSSR count). The maximum absolute atomic E-state index is 4.65. The maximum atomic E-state index is 4.65. The summed E-state index contributed by atoms with van der Waals surface area (Å²) in [6.45, 7) is 5.31. The van der Waals surface area contributed by atoms with E-state index in [-0.39, 0.29) is 0 Å². The fourth-order valence-corrected chi connectivity index (χ4v) is 2.57. The predicted molar refractivity (Wildman–Crippen MR) is 80.8 cm³/mol. The van der Waals surface area contributed by atoms with Crippen LogP contribution in [0.4, 0.5) is 11.8 Å².